The smallest absolute Gasteiger partial charge is 0.378 e. The van der Waals surface area contributed by atoms with Gasteiger partial charge in [0.1, 0.15) is 12.1 Å². The SMILES string of the molecule is O=C1CN(c2ncc(Cl)cc2F)C(=O)C2(CCOC2)N1Cc1ccc(C(F)(F)F)cc1. The average Bonchev–Trinajstić information content (AvgIpc) is 3.19. The van der Waals surface area contributed by atoms with Crippen LogP contribution < -0.4 is 4.90 Å². The third-order valence-electron chi connectivity index (χ3n) is 5.42. The van der Waals surface area contributed by atoms with Crippen LogP contribution in [-0.4, -0.2) is 47.0 Å². The minimum absolute atomic E-state index is 0.0416. The van der Waals surface area contributed by atoms with Crippen LogP contribution in [0.25, 0.3) is 0 Å². The van der Waals surface area contributed by atoms with E-state index in [2.05, 4.69) is 4.98 Å². The summed E-state index contributed by atoms with van der Waals surface area (Å²) in [6.45, 7) is -0.458. The molecule has 3 heterocycles. The molecule has 0 bridgehead atoms. The van der Waals surface area contributed by atoms with E-state index in [1.165, 1.54) is 23.2 Å². The second-order valence-electron chi connectivity index (χ2n) is 7.36. The third kappa shape index (κ3) is 3.85. The Bertz CT molecular complexity index is 1020. The van der Waals surface area contributed by atoms with Crippen LogP contribution in [-0.2, 0) is 27.0 Å². The van der Waals surface area contributed by atoms with E-state index in [-0.39, 0.29) is 37.0 Å². The summed E-state index contributed by atoms with van der Waals surface area (Å²) in [4.78, 5) is 32.5. The van der Waals surface area contributed by atoms with Crippen molar-refractivity contribution in [2.45, 2.75) is 24.7 Å². The van der Waals surface area contributed by atoms with Crippen LogP contribution in [0.1, 0.15) is 17.5 Å². The molecule has 1 spiro atoms. The van der Waals surface area contributed by atoms with E-state index in [1.54, 1.807) is 0 Å². The number of ether oxygens (including phenoxy) is 1. The van der Waals surface area contributed by atoms with Crippen molar-refractivity contribution in [1.29, 1.82) is 0 Å². The maximum absolute atomic E-state index is 14.4. The van der Waals surface area contributed by atoms with Gasteiger partial charge in [-0.3, -0.25) is 14.5 Å². The van der Waals surface area contributed by atoms with E-state index in [4.69, 9.17) is 16.3 Å². The molecule has 0 saturated carbocycles. The molecular weight excluding hydrogens is 442 g/mol. The zero-order valence-corrected chi connectivity index (χ0v) is 16.7. The number of aromatic nitrogens is 1. The molecule has 4 rings (SSSR count). The number of anilines is 1. The van der Waals surface area contributed by atoms with Crippen LogP contribution in [0.5, 0.6) is 0 Å². The lowest BCUT2D eigenvalue weighted by molar-refractivity contribution is -0.152. The zero-order chi connectivity index (χ0) is 22.4. The molecule has 31 heavy (non-hydrogen) atoms. The number of nitrogens with zero attached hydrogens (tertiary/aromatic N) is 3. The molecule has 1 unspecified atom stereocenters. The molecular formula is C20H16ClF4N3O3. The molecule has 2 fully saturated rings. The average molecular weight is 458 g/mol. The van der Waals surface area contributed by atoms with E-state index in [0.29, 0.717) is 5.56 Å². The van der Waals surface area contributed by atoms with E-state index < -0.39 is 41.5 Å². The fourth-order valence-electron chi connectivity index (χ4n) is 3.83. The number of hydrogen-bond donors (Lipinski definition) is 0. The quantitative estimate of drug-likeness (QED) is 0.663. The van der Waals surface area contributed by atoms with Crippen molar-refractivity contribution in [3.8, 4) is 0 Å². The zero-order valence-electron chi connectivity index (χ0n) is 16.0. The monoisotopic (exact) mass is 457 g/mol. The molecule has 1 aromatic heterocycles. The molecule has 11 heteroatoms. The van der Waals surface area contributed by atoms with E-state index >= 15 is 0 Å². The molecule has 164 valence electrons. The van der Waals surface area contributed by atoms with Crippen molar-refractivity contribution < 1.29 is 31.9 Å². The standard InChI is InChI=1S/C20H16ClF4N3O3/c21-14-7-15(22)17(26-8-14)27-10-16(29)28(19(18(27)30)5-6-31-11-19)9-12-1-3-13(4-2-12)20(23,24)25/h1-4,7-8H,5-6,9-11H2. The first kappa shape index (κ1) is 21.5. The number of amides is 2. The van der Waals surface area contributed by atoms with Gasteiger partial charge in [0.25, 0.3) is 5.91 Å². The summed E-state index contributed by atoms with van der Waals surface area (Å²) in [6.07, 6.45) is -3.14. The number of halogens is 5. The highest BCUT2D eigenvalue weighted by Gasteiger charge is 2.55. The molecule has 2 aliphatic rings. The Morgan fingerprint density at radius 3 is 2.48 bits per heavy atom. The summed E-state index contributed by atoms with van der Waals surface area (Å²) in [5.41, 5.74) is -1.79. The van der Waals surface area contributed by atoms with E-state index in [1.807, 2.05) is 0 Å². The van der Waals surface area contributed by atoms with Gasteiger partial charge in [-0.1, -0.05) is 23.7 Å². The lowest BCUT2D eigenvalue weighted by Gasteiger charge is -2.46. The molecule has 0 N–H and O–H groups in total. The number of pyridine rings is 1. The summed E-state index contributed by atoms with van der Waals surface area (Å²) >= 11 is 5.72. The molecule has 2 saturated heterocycles. The number of rotatable bonds is 3. The van der Waals surface area contributed by atoms with Crippen molar-refractivity contribution in [3.05, 3.63) is 58.5 Å². The topological polar surface area (TPSA) is 62.7 Å². The third-order valence-corrected chi connectivity index (χ3v) is 5.63. The maximum Gasteiger partial charge on any atom is 0.416 e. The lowest BCUT2D eigenvalue weighted by Crippen LogP contribution is -2.68. The van der Waals surface area contributed by atoms with Gasteiger partial charge in [0, 0.05) is 25.8 Å². The highest BCUT2D eigenvalue weighted by atomic mass is 35.5. The summed E-state index contributed by atoms with van der Waals surface area (Å²) in [6, 6.07) is 5.35. The number of piperazine rings is 1. The van der Waals surface area contributed by atoms with Crippen molar-refractivity contribution in [2.75, 3.05) is 24.7 Å². The summed E-state index contributed by atoms with van der Waals surface area (Å²) in [5.74, 6) is -2.23. The Kier molecular flexibility index (Phi) is 5.38. The van der Waals surface area contributed by atoms with Crippen LogP contribution in [0.2, 0.25) is 5.02 Å². The van der Waals surface area contributed by atoms with Gasteiger partial charge in [-0.15, -0.1) is 0 Å². The number of hydrogen-bond acceptors (Lipinski definition) is 4. The van der Waals surface area contributed by atoms with Gasteiger partial charge < -0.3 is 9.64 Å². The van der Waals surface area contributed by atoms with Crippen LogP contribution in [0.4, 0.5) is 23.4 Å². The van der Waals surface area contributed by atoms with Gasteiger partial charge in [-0.05, 0) is 23.8 Å². The second-order valence-corrected chi connectivity index (χ2v) is 7.80. The molecule has 2 aliphatic heterocycles. The Morgan fingerprint density at radius 1 is 1.19 bits per heavy atom. The number of benzene rings is 1. The molecule has 1 aromatic carbocycles. The fourth-order valence-corrected chi connectivity index (χ4v) is 3.98. The fraction of sp³-hybridized carbons (Fsp3) is 0.350. The first-order valence-corrected chi connectivity index (χ1v) is 9.67. The maximum atomic E-state index is 14.4. The highest BCUT2D eigenvalue weighted by Crippen LogP contribution is 2.36. The first-order chi connectivity index (χ1) is 14.6. The van der Waals surface area contributed by atoms with Gasteiger partial charge in [0.15, 0.2) is 11.6 Å². The van der Waals surface area contributed by atoms with Crippen molar-refractivity contribution in [3.63, 3.8) is 0 Å². The normalized spacial score (nSPS) is 22.0. The van der Waals surface area contributed by atoms with Gasteiger partial charge >= 0.3 is 6.18 Å². The minimum Gasteiger partial charge on any atom is -0.378 e. The second kappa shape index (κ2) is 7.76. The number of carbonyl (C=O) groups excluding carboxylic acids is 2. The number of carbonyl (C=O) groups is 2. The summed E-state index contributed by atoms with van der Waals surface area (Å²) in [5, 5.41) is 0.0416. The Balaban J connectivity index is 1.65. The Hall–Kier alpha value is -2.72. The first-order valence-electron chi connectivity index (χ1n) is 9.29. The van der Waals surface area contributed by atoms with Crippen LogP contribution in [0.3, 0.4) is 0 Å². The molecule has 0 aliphatic carbocycles. The summed E-state index contributed by atoms with van der Waals surface area (Å²) < 4.78 is 58.2. The van der Waals surface area contributed by atoms with Gasteiger partial charge in [-0.25, -0.2) is 9.37 Å². The predicted octanol–water partition coefficient (Wildman–Crippen LogP) is 3.43. The highest BCUT2D eigenvalue weighted by molar-refractivity contribution is 6.30. The molecule has 6 nitrogen and oxygen atoms in total. The molecule has 0 radical (unpaired) electrons. The molecule has 2 amide bonds. The number of alkyl halides is 3. The Labute approximate surface area is 179 Å². The van der Waals surface area contributed by atoms with Crippen LogP contribution in [0, 0.1) is 5.82 Å². The Morgan fingerprint density at radius 2 is 1.90 bits per heavy atom. The van der Waals surface area contributed by atoms with Crippen molar-refractivity contribution in [2.24, 2.45) is 0 Å². The van der Waals surface area contributed by atoms with Crippen molar-refractivity contribution in [1.82, 2.24) is 9.88 Å². The summed E-state index contributed by atoms with van der Waals surface area (Å²) in [7, 11) is 0. The minimum atomic E-state index is -4.48. The lowest BCUT2D eigenvalue weighted by atomic mass is 9.90. The van der Waals surface area contributed by atoms with Crippen LogP contribution >= 0.6 is 11.6 Å². The molecule has 1 atom stereocenters. The van der Waals surface area contributed by atoms with Crippen LogP contribution in [0.15, 0.2) is 36.5 Å². The predicted molar refractivity (Wildman–Crippen MR) is 102 cm³/mol. The largest absolute Gasteiger partial charge is 0.416 e. The van der Waals surface area contributed by atoms with Crippen molar-refractivity contribution >= 4 is 29.2 Å². The van der Waals surface area contributed by atoms with Gasteiger partial charge in [0.2, 0.25) is 5.91 Å². The van der Waals surface area contributed by atoms with Gasteiger partial charge in [-0.2, -0.15) is 13.2 Å². The van der Waals surface area contributed by atoms with E-state index in [0.717, 1.165) is 23.1 Å². The van der Waals surface area contributed by atoms with Gasteiger partial charge in [0.05, 0.1) is 17.2 Å². The molecule has 2 aromatic rings. The van der Waals surface area contributed by atoms with E-state index in [9.17, 15) is 27.2 Å².